The maximum Gasteiger partial charge on any atom is 0.0505 e. The van der Waals surface area contributed by atoms with Crippen LogP contribution in [-0.4, -0.2) is 12.1 Å². The third-order valence-electron chi connectivity index (χ3n) is 2.49. The van der Waals surface area contributed by atoms with Crippen LogP contribution in [0.3, 0.4) is 0 Å². The van der Waals surface area contributed by atoms with Crippen LogP contribution in [0.2, 0.25) is 0 Å². The molecule has 70 valence electrons. The van der Waals surface area contributed by atoms with Crippen molar-refractivity contribution in [2.75, 3.05) is 6.54 Å². The number of allylic oxidation sites excluding steroid dienone is 3. The average Bonchev–Trinajstić information content (AvgIpc) is 2.21. The third-order valence-corrected chi connectivity index (χ3v) is 2.49. The zero-order valence-electron chi connectivity index (χ0n) is 8.01. The predicted octanol–water partition coefficient (Wildman–Crippen LogP) is 1.47. The lowest BCUT2D eigenvalue weighted by atomic mass is 9.96. The van der Waals surface area contributed by atoms with Gasteiger partial charge >= 0.3 is 0 Å². The van der Waals surface area contributed by atoms with E-state index in [1.165, 1.54) is 17.7 Å². The Labute approximate surface area is 79.2 Å². The lowest BCUT2D eigenvalue weighted by molar-refractivity contribution is 0.652. The van der Waals surface area contributed by atoms with Crippen molar-refractivity contribution in [2.24, 2.45) is 5.73 Å². The molecule has 1 aliphatic carbocycles. The molecule has 2 heteroatoms. The monoisotopic (exact) mass is 176 g/mol. The maximum atomic E-state index is 6.06. The van der Waals surface area contributed by atoms with E-state index in [2.05, 4.69) is 17.5 Å². The van der Waals surface area contributed by atoms with Crippen LogP contribution in [0.4, 0.5) is 0 Å². The van der Waals surface area contributed by atoms with Crippen LogP contribution in [-0.2, 0) is 0 Å². The molecule has 1 aliphatic heterocycles. The quantitative estimate of drug-likeness (QED) is 0.586. The van der Waals surface area contributed by atoms with Crippen LogP contribution in [0.15, 0.2) is 35.6 Å². The molecule has 2 rings (SSSR count). The van der Waals surface area contributed by atoms with Crippen molar-refractivity contribution in [1.82, 2.24) is 5.32 Å². The van der Waals surface area contributed by atoms with Gasteiger partial charge in [-0.3, -0.25) is 0 Å². The molecule has 0 radical (unpaired) electrons. The number of hydrogen-bond acceptors (Lipinski definition) is 2. The van der Waals surface area contributed by atoms with E-state index < -0.39 is 0 Å². The first-order chi connectivity index (χ1) is 6.17. The first-order valence-corrected chi connectivity index (χ1v) is 4.82. The summed E-state index contributed by atoms with van der Waals surface area (Å²) in [6.07, 6.45) is 10.7. The van der Waals surface area contributed by atoms with Crippen molar-refractivity contribution in [3.8, 4) is 0 Å². The van der Waals surface area contributed by atoms with Crippen LogP contribution in [0.25, 0.3) is 0 Å². The van der Waals surface area contributed by atoms with Crippen molar-refractivity contribution in [1.29, 1.82) is 0 Å². The summed E-state index contributed by atoms with van der Waals surface area (Å²) in [4.78, 5) is 0. The number of fused-ring (bicyclic) bond motifs is 1. The molecule has 0 aromatic heterocycles. The van der Waals surface area contributed by atoms with Gasteiger partial charge in [0.25, 0.3) is 0 Å². The second kappa shape index (κ2) is 3.04. The van der Waals surface area contributed by atoms with E-state index in [1.807, 2.05) is 19.1 Å². The molecule has 0 saturated carbocycles. The summed E-state index contributed by atoms with van der Waals surface area (Å²) in [6, 6.07) is 0. The van der Waals surface area contributed by atoms with E-state index in [9.17, 15) is 0 Å². The average molecular weight is 176 g/mol. The minimum Gasteiger partial charge on any atom is -0.385 e. The zero-order chi connectivity index (χ0) is 9.31. The normalized spacial score (nSPS) is 32.5. The summed E-state index contributed by atoms with van der Waals surface area (Å²) in [5, 5.41) is 3.38. The molecule has 1 atom stereocenters. The SMILES string of the molecule is CC1(N)C=CC=C2NCCCC2=C1. The van der Waals surface area contributed by atoms with E-state index in [0.717, 1.165) is 13.0 Å². The molecular formula is C11H16N2. The number of hydrogen-bond donors (Lipinski definition) is 2. The van der Waals surface area contributed by atoms with Gasteiger partial charge in [0.2, 0.25) is 0 Å². The van der Waals surface area contributed by atoms with Crippen molar-refractivity contribution in [3.05, 3.63) is 35.6 Å². The molecular weight excluding hydrogens is 160 g/mol. The second-order valence-corrected chi connectivity index (χ2v) is 4.01. The highest BCUT2D eigenvalue weighted by molar-refractivity contribution is 5.41. The molecule has 2 nitrogen and oxygen atoms in total. The molecule has 0 spiro atoms. The van der Waals surface area contributed by atoms with Crippen LogP contribution in [0, 0.1) is 0 Å². The van der Waals surface area contributed by atoms with Gasteiger partial charge < -0.3 is 11.1 Å². The van der Waals surface area contributed by atoms with Crippen molar-refractivity contribution < 1.29 is 0 Å². The summed E-state index contributed by atoms with van der Waals surface area (Å²) in [7, 11) is 0. The molecule has 1 heterocycles. The Morgan fingerprint density at radius 1 is 1.54 bits per heavy atom. The Hall–Kier alpha value is -1.02. The fraction of sp³-hybridized carbons (Fsp3) is 0.455. The Bertz CT molecular complexity index is 295. The molecule has 3 N–H and O–H groups in total. The second-order valence-electron chi connectivity index (χ2n) is 4.01. The zero-order valence-corrected chi connectivity index (χ0v) is 8.01. The highest BCUT2D eigenvalue weighted by atomic mass is 14.9. The molecule has 13 heavy (non-hydrogen) atoms. The van der Waals surface area contributed by atoms with Gasteiger partial charge in [0.05, 0.1) is 5.54 Å². The molecule has 0 amide bonds. The molecule has 1 fully saturated rings. The van der Waals surface area contributed by atoms with Crippen LogP contribution in [0.1, 0.15) is 19.8 Å². The summed E-state index contributed by atoms with van der Waals surface area (Å²) >= 11 is 0. The van der Waals surface area contributed by atoms with Crippen LogP contribution >= 0.6 is 0 Å². The lowest BCUT2D eigenvalue weighted by Gasteiger charge is -2.22. The Morgan fingerprint density at radius 2 is 2.38 bits per heavy atom. The predicted molar refractivity (Wildman–Crippen MR) is 55.1 cm³/mol. The largest absolute Gasteiger partial charge is 0.385 e. The fourth-order valence-corrected chi connectivity index (χ4v) is 1.84. The highest BCUT2D eigenvalue weighted by Crippen LogP contribution is 2.24. The topological polar surface area (TPSA) is 38.0 Å². The first kappa shape index (κ1) is 8.57. The van der Waals surface area contributed by atoms with Crippen LogP contribution < -0.4 is 11.1 Å². The summed E-state index contributed by atoms with van der Waals surface area (Å²) in [5.41, 5.74) is 8.38. The van der Waals surface area contributed by atoms with Gasteiger partial charge in [-0.2, -0.15) is 0 Å². The molecule has 0 aromatic rings. The number of nitrogens with two attached hydrogens (primary N) is 1. The molecule has 0 bridgehead atoms. The van der Waals surface area contributed by atoms with E-state index in [1.54, 1.807) is 0 Å². The Morgan fingerprint density at radius 3 is 3.23 bits per heavy atom. The van der Waals surface area contributed by atoms with E-state index in [-0.39, 0.29) is 5.54 Å². The molecule has 0 aromatic carbocycles. The van der Waals surface area contributed by atoms with Crippen molar-refractivity contribution in [2.45, 2.75) is 25.3 Å². The van der Waals surface area contributed by atoms with Gasteiger partial charge in [0, 0.05) is 12.2 Å². The smallest absolute Gasteiger partial charge is 0.0505 e. The number of nitrogens with one attached hydrogen (secondary N) is 1. The summed E-state index contributed by atoms with van der Waals surface area (Å²) < 4.78 is 0. The molecule has 1 saturated heterocycles. The number of piperidine rings is 1. The Kier molecular flexibility index (Phi) is 2.00. The van der Waals surface area contributed by atoms with Gasteiger partial charge in [0.1, 0.15) is 0 Å². The summed E-state index contributed by atoms with van der Waals surface area (Å²) in [5.74, 6) is 0. The molecule has 2 aliphatic rings. The van der Waals surface area contributed by atoms with Crippen LogP contribution in [0.5, 0.6) is 0 Å². The van der Waals surface area contributed by atoms with Gasteiger partial charge in [-0.05, 0) is 31.4 Å². The van der Waals surface area contributed by atoms with Gasteiger partial charge in [0.15, 0.2) is 0 Å². The van der Waals surface area contributed by atoms with E-state index >= 15 is 0 Å². The third kappa shape index (κ3) is 1.83. The van der Waals surface area contributed by atoms with Gasteiger partial charge in [-0.1, -0.05) is 18.2 Å². The minimum absolute atomic E-state index is 0.285. The summed E-state index contributed by atoms with van der Waals surface area (Å²) in [6.45, 7) is 3.11. The standard InChI is InChI=1S/C11H16N2/c1-11(12)6-2-5-10-9(8-11)4-3-7-13-10/h2,5-6,8,13H,3-4,7,12H2,1H3. The fourth-order valence-electron chi connectivity index (χ4n) is 1.84. The van der Waals surface area contributed by atoms with Crippen molar-refractivity contribution >= 4 is 0 Å². The van der Waals surface area contributed by atoms with Crippen molar-refractivity contribution in [3.63, 3.8) is 0 Å². The minimum atomic E-state index is -0.285. The van der Waals surface area contributed by atoms with Gasteiger partial charge in [-0.15, -0.1) is 0 Å². The Balaban J connectivity index is 2.34. The van der Waals surface area contributed by atoms with Gasteiger partial charge in [-0.25, -0.2) is 0 Å². The van der Waals surface area contributed by atoms with E-state index in [4.69, 9.17) is 5.73 Å². The highest BCUT2D eigenvalue weighted by Gasteiger charge is 2.18. The van der Waals surface area contributed by atoms with E-state index in [0.29, 0.717) is 0 Å². The lowest BCUT2D eigenvalue weighted by Crippen LogP contribution is -2.32. The number of rotatable bonds is 0. The maximum absolute atomic E-state index is 6.06. The first-order valence-electron chi connectivity index (χ1n) is 4.82. The molecule has 1 unspecified atom stereocenters.